The van der Waals surface area contributed by atoms with Crippen molar-refractivity contribution in [2.45, 2.75) is 24.7 Å². The summed E-state index contributed by atoms with van der Waals surface area (Å²) in [5.74, 6) is -1.99. The quantitative estimate of drug-likeness (QED) is 0.545. The molecule has 0 saturated carbocycles. The molecular formula is C26H26O6. The van der Waals surface area contributed by atoms with Crippen LogP contribution in [0.15, 0.2) is 84.9 Å². The zero-order chi connectivity index (χ0) is 23.2. The molecule has 166 valence electrons. The molecule has 0 unspecified atom stereocenters. The molecular weight excluding hydrogens is 408 g/mol. The van der Waals surface area contributed by atoms with E-state index in [1.165, 1.54) is 19.2 Å². The largest absolute Gasteiger partial charge is 0.467 e. The number of esters is 2. The van der Waals surface area contributed by atoms with Gasteiger partial charge in [-0.15, -0.1) is 0 Å². The zero-order valence-electron chi connectivity index (χ0n) is 18.3. The van der Waals surface area contributed by atoms with Crippen molar-refractivity contribution in [2.24, 2.45) is 0 Å². The van der Waals surface area contributed by atoms with Crippen molar-refractivity contribution in [3.8, 4) is 0 Å². The van der Waals surface area contributed by atoms with E-state index in [4.69, 9.17) is 14.2 Å². The third-order valence-corrected chi connectivity index (χ3v) is 5.41. The zero-order valence-corrected chi connectivity index (χ0v) is 18.3. The SMILES string of the molecule is COC(=O)[C@@](O)(c1ccccc1)[C@](OCc1ccccc1)(C(=O)OC)c1ccc(C)cc1. The summed E-state index contributed by atoms with van der Waals surface area (Å²) in [5.41, 5.74) is -2.74. The van der Waals surface area contributed by atoms with Crippen molar-refractivity contribution in [1.29, 1.82) is 0 Å². The second kappa shape index (κ2) is 9.77. The molecule has 3 aromatic carbocycles. The smallest absolute Gasteiger partial charge is 0.347 e. The number of ether oxygens (including phenoxy) is 3. The molecule has 0 saturated heterocycles. The Balaban J connectivity index is 2.32. The van der Waals surface area contributed by atoms with Gasteiger partial charge < -0.3 is 19.3 Å². The highest BCUT2D eigenvalue weighted by molar-refractivity contribution is 5.94. The minimum atomic E-state index is -2.54. The van der Waals surface area contributed by atoms with Gasteiger partial charge in [0.2, 0.25) is 11.2 Å². The fraction of sp³-hybridized carbons (Fsp3) is 0.231. The normalized spacial score (nSPS) is 14.6. The van der Waals surface area contributed by atoms with E-state index in [1.807, 2.05) is 37.3 Å². The number of benzene rings is 3. The van der Waals surface area contributed by atoms with E-state index in [0.717, 1.165) is 18.2 Å². The fourth-order valence-corrected chi connectivity index (χ4v) is 3.71. The molecule has 0 heterocycles. The molecule has 0 bridgehead atoms. The maximum Gasteiger partial charge on any atom is 0.347 e. The summed E-state index contributed by atoms with van der Waals surface area (Å²) in [6, 6.07) is 24.0. The first-order chi connectivity index (χ1) is 15.4. The maximum atomic E-state index is 13.5. The molecule has 0 fully saturated rings. The number of hydrogen-bond acceptors (Lipinski definition) is 6. The van der Waals surface area contributed by atoms with Crippen molar-refractivity contribution < 1.29 is 28.9 Å². The van der Waals surface area contributed by atoms with E-state index in [1.54, 1.807) is 42.5 Å². The van der Waals surface area contributed by atoms with Gasteiger partial charge in [0.25, 0.3) is 0 Å². The van der Waals surface area contributed by atoms with Crippen molar-refractivity contribution in [2.75, 3.05) is 14.2 Å². The average Bonchev–Trinajstić information content (AvgIpc) is 2.85. The molecule has 1 N–H and O–H groups in total. The predicted octanol–water partition coefficient (Wildman–Crippen LogP) is 3.64. The predicted molar refractivity (Wildman–Crippen MR) is 118 cm³/mol. The van der Waals surface area contributed by atoms with Gasteiger partial charge in [0.05, 0.1) is 20.8 Å². The molecule has 32 heavy (non-hydrogen) atoms. The summed E-state index contributed by atoms with van der Waals surface area (Å²) in [6.07, 6.45) is 0. The molecule has 2 atom stereocenters. The van der Waals surface area contributed by atoms with Crippen molar-refractivity contribution in [3.63, 3.8) is 0 Å². The van der Waals surface area contributed by atoms with E-state index < -0.39 is 23.1 Å². The number of carbonyl (C=O) groups excluding carboxylic acids is 2. The van der Waals surface area contributed by atoms with Crippen LogP contribution >= 0.6 is 0 Å². The van der Waals surface area contributed by atoms with Crippen LogP contribution in [0.25, 0.3) is 0 Å². The van der Waals surface area contributed by atoms with Gasteiger partial charge in [-0.3, -0.25) is 0 Å². The number of hydrogen-bond donors (Lipinski definition) is 1. The van der Waals surface area contributed by atoms with Crippen LogP contribution in [0.5, 0.6) is 0 Å². The Morgan fingerprint density at radius 1 is 0.750 bits per heavy atom. The Kier molecular flexibility index (Phi) is 7.08. The molecule has 0 aromatic heterocycles. The lowest BCUT2D eigenvalue weighted by Crippen LogP contribution is -2.61. The summed E-state index contributed by atoms with van der Waals surface area (Å²) >= 11 is 0. The van der Waals surface area contributed by atoms with Crippen molar-refractivity contribution in [3.05, 3.63) is 107 Å². The summed E-state index contributed by atoms with van der Waals surface area (Å²) in [4.78, 5) is 26.7. The molecule has 6 nitrogen and oxygen atoms in total. The highest BCUT2D eigenvalue weighted by atomic mass is 16.6. The number of rotatable bonds is 8. The standard InChI is InChI=1S/C26H26O6/c1-19-14-16-22(17-15-19)26(24(28)31-3,32-18-20-10-6-4-7-11-20)25(29,23(27)30-2)21-12-8-5-9-13-21/h4-17,29H,18H2,1-3H3/t25-,26+/m0/s1. The van der Waals surface area contributed by atoms with Gasteiger partial charge in [0.1, 0.15) is 0 Å². The Hall–Kier alpha value is -3.48. The molecule has 6 heteroatoms. The van der Waals surface area contributed by atoms with Crippen LogP contribution in [0.4, 0.5) is 0 Å². The first kappa shape index (κ1) is 23.2. The molecule has 3 aromatic rings. The lowest BCUT2D eigenvalue weighted by molar-refractivity contribution is -0.232. The van der Waals surface area contributed by atoms with Gasteiger partial charge in [-0.25, -0.2) is 9.59 Å². The van der Waals surface area contributed by atoms with E-state index in [9.17, 15) is 14.7 Å². The van der Waals surface area contributed by atoms with Gasteiger partial charge in [-0.2, -0.15) is 0 Å². The first-order valence-electron chi connectivity index (χ1n) is 10.1. The van der Waals surface area contributed by atoms with Crippen LogP contribution in [0.2, 0.25) is 0 Å². The number of methoxy groups -OCH3 is 2. The highest BCUT2D eigenvalue weighted by Gasteiger charge is 2.66. The lowest BCUT2D eigenvalue weighted by Gasteiger charge is -2.43. The minimum absolute atomic E-state index is 0.0735. The molecule has 0 aliphatic carbocycles. The average molecular weight is 434 g/mol. The van der Waals surface area contributed by atoms with Gasteiger partial charge in [-0.1, -0.05) is 90.5 Å². The minimum Gasteiger partial charge on any atom is -0.467 e. The molecule has 0 amide bonds. The Bertz CT molecular complexity index is 1050. The van der Waals surface area contributed by atoms with Crippen molar-refractivity contribution >= 4 is 11.9 Å². The topological polar surface area (TPSA) is 82.1 Å². The summed E-state index contributed by atoms with van der Waals surface area (Å²) in [5, 5.41) is 12.1. The Labute approximate surface area is 187 Å². The van der Waals surface area contributed by atoms with Crippen LogP contribution in [0.1, 0.15) is 22.3 Å². The van der Waals surface area contributed by atoms with Crippen molar-refractivity contribution in [1.82, 2.24) is 0 Å². The third-order valence-electron chi connectivity index (χ3n) is 5.41. The van der Waals surface area contributed by atoms with Crippen LogP contribution < -0.4 is 0 Å². The summed E-state index contributed by atoms with van der Waals surface area (Å²) < 4.78 is 16.3. The number of aliphatic hydroxyl groups is 1. The van der Waals surface area contributed by atoms with E-state index in [0.29, 0.717) is 0 Å². The monoisotopic (exact) mass is 434 g/mol. The van der Waals surface area contributed by atoms with Gasteiger partial charge in [0, 0.05) is 0 Å². The van der Waals surface area contributed by atoms with E-state index in [2.05, 4.69) is 0 Å². The molecule has 0 aliphatic rings. The third kappa shape index (κ3) is 4.02. The van der Waals surface area contributed by atoms with Gasteiger partial charge in [0.15, 0.2) is 0 Å². The summed E-state index contributed by atoms with van der Waals surface area (Å²) in [6.45, 7) is 1.81. The highest BCUT2D eigenvalue weighted by Crippen LogP contribution is 2.46. The molecule has 0 radical (unpaired) electrons. The van der Waals surface area contributed by atoms with Crippen LogP contribution in [0, 0.1) is 6.92 Å². The van der Waals surface area contributed by atoms with Crippen LogP contribution in [0.3, 0.4) is 0 Å². The van der Waals surface area contributed by atoms with Crippen LogP contribution in [-0.2, 0) is 41.6 Å². The molecule has 0 aliphatic heterocycles. The van der Waals surface area contributed by atoms with Gasteiger partial charge >= 0.3 is 11.9 Å². The van der Waals surface area contributed by atoms with E-state index in [-0.39, 0.29) is 17.7 Å². The first-order valence-corrected chi connectivity index (χ1v) is 10.1. The summed E-state index contributed by atoms with van der Waals surface area (Å²) in [7, 11) is 2.32. The Morgan fingerprint density at radius 2 is 1.28 bits per heavy atom. The van der Waals surface area contributed by atoms with E-state index >= 15 is 0 Å². The lowest BCUT2D eigenvalue weighted by atomic mass is 9.72. The molecule has 3 rings (SSSR count). The second-order valence-corrected chi connectivity index (χ2v) is 7.38. The second-order valence-electron chi connectivity index (χ2n) is 7.38. The number of carbonyl (C=O) groups is 2. The fourth-order valence-electron chi connectivity index (χ4n) is 3.71. The Morgan fingerprint density at radius 3 is 1.81 bits per heavy atom. The molecule has 0 spiro atoms. The maximum absolute atomic E-state index is 13.5. The van der Waals surface area contributed by atoms with Crippen LogP contribution in [-0.4, -0.2) is 31.3 Å². The number of aryl methyl sites for hydroxylation is 1. The van der Waals surface area contributed by atoms with Gasteiger partial charge in [-0.05, 0) is 23.6 Å².